The molecule has 8 heteroatoms. The first kappa shape index (κ1) is 18.4. The molecule has 1 aliphatic heterocycles. The quantitative estimate of drug-likeness (QED) is 0.717. The summed E-state index contributed by atoms with van der Waals surface area (Å²) in [6.07, 6.45) is 3.89. The van der Waals surface area contributed by atoms with Gasteiger partial charge in [-0.3, -0.25) is 4.79 Å². The van der Waals surface area contributed by atoms with Crippen LogP contribution >= 0.6 is 11.3 Å². The van der Waals surface area contributed by atoms with Gasteiger partial charge in [-0.05, 0) is 36.8 Å². The number of carbonyl (C=O) groups is 1. The van der Waals surface area contributed by atoms with Crippen LogP contribution in [0.5, 0.6) is 0 Å². The van der Waals surface area contributed by atoms with Crippen LogP contribution in [0.4, 0.5) is 16.8 Å². The van der Waals surface area contributed by atoms with Crippen molar-refractivity contribution in [3.63, 3.8) is 0 Å². The molecule has 1 saturated heterocycles. The highest BCUT2D eigenvalue weighted by atomic mass is 32.1. The predicted octanol–water partition coefficient (Wildman–Crippen LogP) is 2.88. The Balaban J connectivity index is 1.30. The Labute approximate surface area is 168 Å². The van der Waals surface area contributed by atoms with Gasteiger partial charge in [0.1, 0.15) is 11.6 Å². The zero-order valence-corrected chi connectivity index (χ0v) is 16.5. The molecule has 3 aromatic heterocycles. The third-order valence-corrected chi connectivity index (χ3v) is 5.45. The minimum Gasteiger partial charge on any atom is -0.353 e. The van der Waals surface area contributed by atoms with Gasteiger partial charge in [-0.15, -0.1) is 11.3 Å². The van der Waals surface area contributed by atoms with Crippen LogP contribution in [0.15, 0.2) is 48.1 Å². The molecule has 0 radical (unpaired) electrons. The summed E-state index contributed by atoms with van der Waals surface area (Å²) in [5.41, 5.74) is 1.92. The number of hydrogen-bond donors (Lipinski definition) is 1. The van der Waals surface area contributed by atoms with Crippen LogP contribution in [0.25, 0.3) is 0 Å². The van der Waals surface area contributed by atoms with E-state index in [2.05, 4.69) is 25.2 Å². The second-order valence-corrected chi connectivity index (χ2v) is 7.58. The summed E-state index contributed by atoms with van der Waals surface area (Å²) in [4.78, 5) is 30.0. The van der Waals surface area contributed by atoms with Crippen molar-refractivity contribution in [2.24, 2.45) is 0 Å². The fraction of sp³-hybridized carbons (Fsp3) is 0.300. The van der Waals surface area contributed by atoms with Gasteiger partial charge in [0.05, 0.1) is 12.1 Å². The molecule has 1 amide bonds. The van der Waals surface area contributed by atoms with Gasteiger partial charge >= 0.3 is 0 Å². The number of anilines is 3. The Morgan fingerprint density at radius 3 is 2.75 bits per heavy atom. The second-order valence-electron chi connectivity index (χ2n) is 6.72. The SMILES string of the molecule is Cc1ccnc(Nc2nc(CC(=O)N3CCN(c4ccccn4)CC3)cs2)c1. The van der Waals surface area contributed by atoms with E-state index in [0.29, 0.717) is 19.5 Å². The maximum Gasteiger partial charge on any atom is 0.228 e. The molecule has 28 heavy (non-hydrogen) atoms. The molecule has 3 aromatic rings. The lowest BCUT2D eigenvalue weighted by Crippen LogP contribution is -2.49. The predicted molar refractivity (Wildman–Crippen MR) is 111 cm³/mol. The lowest BCUT2D eigenvalue weighted by molar-refractivity contribution is -0.130. The maximum atomic E-state index is 12.6. The first-order valence-electron chi connectivity index (χ1n) is 9.25. The summed E-state index contributed by atoms with van der Waals surface area (Å²) >= 11 is 1.49. The number of aromatic nitrogens is 3. The van der Waals surface area contributed by atoms with Crippen molar-refractivity contribution >= 4 is 34.0 Å². The Hall–Kier alpha value is -3.00. The van der Waals surface area contributed by atoms with E-state index in [9.17, 15) is 4.79 Å². The number of rotatable bonds is 5. The Kier molecular flexibility index (Phi) is 5.48. The fourth-order valence-corrected chi connectivity index (χ4v) is 3.87. The largest absolute Gasteiger partial charge is 0.353 e. The number of piperazine rings is 1. The Morgan fingerprint density at radius 1 is 1.14 bits per heavy atom. The van der Waals surface area contributed by atoms with E-state index < -0.39 is 0 Å². The van der Waals surface area contributed by atoms with E-state index in [-0.39, 0.29) is 5.91 Å². The van der Waals surface area contributed by atoms with E-state index in [1.165, 1.54) is 11.3 Å². The zero-order valence-electron chi connectivity index (χ0n) is 15.7. The van der Waals surface area contributed by atoms with E-state index in [0.717, 1.165) is 41.1 Å². The number of pyridine rings is 2. The molecule has 1 aliphatic rings. The summed E-state index contributed by atoms with van der Waals surface area (Å²) < 4.78 is 0. The molecular weight excluding hydrogens is 372 g/mol. The number of hydrogen-bond acceptors (Lipinski definition) is 7. The Morgan fingerprint density at radius 2 is 2.00 bits per heavy atom. The molecule has 4 rings (SSSR count). The van der Waals surface area contributed by atoms with Crippen molar-refractivity contribution < 1.29 is 4.79 Å². The fourth-order valence-electron chi connectivity index (χ4n) is 3.15. The summed E-state index contributed by atoms with van der Waals surface area (Å²) in [7, 11) is 0. The van der Waals surface area contributed by atoms with Crippen molar-refractivity contribution in [3.05, 3.63) is 59.4 Å². The van der Waals surface area contributed by atoms with Gasteiger partial charge in [0.15, 0.2) is 5.13 Å². The van der Waals surface area contributed by atoms with Crippen molar-refractivity contribution in [2.45, 2.75) is 13.3 Å². The molecule has 0 atom stereocenters. The Bertz CT molecular complexity index is 937. The van der Waals surface area contributed by atoms with Crippen LogP contribution in [0.2, 0.25) is 0 Å². The van der Waals surface area contributed by atoms with Crippen LogP contribution in [-0.4, -0.2) is 51.9 Å². The molecule has 1 N–H and O–H groups in total. The molecule has 0 spiro atoms. The van der Waals surface area contributed by atoms with E-state index in [4.69, 9.17) is 0 Å². The average Bonchev–Trinajstić information content (AvgIpc) is 3.15. The van der Waals surface area contributed by atoms with Crippen LogP contribution in [0, 0.1) is 6.92 Å². The van der Waals surface area contributed by atoms with Gasteiger partial charge in [-0.1, -0.05) is 6.07 Å². The maximum absolute atomic E-state index is 12.6. The lowest BCUT2D eigenvalue weighted by Gasteiger charge is -2.35. The number of thiazole rings is 1. The van der Waals surface area contributed by atoms with Crippen molar-refractivity contribution in [1.29, 1.82) is 0 Å². The van der Waals surface area contributed by atoms with Gasteiger partial charge < -0.3 is 15.1 Å². The average molecular weight is 395 g/mol. The van der Waals surface area contributed by atoms with Gasteiger partial charge in [-0.2, -0.15) is 0 Å². The molecule has 0 saturated carbocycles. The van der Waals surface area contributed by atoms with Crippen LogP contribution in [0.3, 0.4) is 0 Å². The third-order valence-electron chi connectivity index (χ3n) is 4.64. The van der Waals surface area contributed by atoms with Crippen LogP contribution in [-0.2, 0) is 11.2 Å². The molecule has 7 nitrogen and oxygen atoms in total. The number of nitrogens with one attached hydrogen (secondary N) is 1. The zero-order chi connectivity index (χ0) is 19.3. The smallest absolute Gasteiger partial charge is 0.228 e. The summed E-state index contributed by atoms with van der Waals surface area (Å²) in [5, 5.41) is 5.88. The van der Waals surface area contributed by atoms with Crippen molar-refractivity contribution in [3.8, 4) is 0 Å². The van der Waals surface area contributed by atoms with E-state index in [1.54, 1.807) is 12.4 Å². The lowest BCUT2D eigenvalue weighted by atomic mass is 10.2. The summed E-state index contributed by atoms with van der Waals surface area (Å²) in [5.74, 6) is 1.85. The standard InChI is InChI=1S/C20H22N6OS/c1-15-5-7-21-17(12-15)24-20-23-16(14-28-20)13-19(27)26-10-8-25(9-11-26)18-4-2-3-6-22-18/h2-7,12,14H,8-11,13H2,1H3,(H,21,23,24). The molecule has 144 valence electrons. The van der Waals surface area contributed by atoms with E-state index >= 15 is 0 Å². The normalized spacial score (nSPS) is 14.2. The monoisotopic (exact) mass is 394 g/mol. The minimum absolute atomic E-state index is 0.117. The molecule has 0 bridgehead atoms. The van der Waals surface area contributed by atoms with Gasteiger partial charge in [-0.25, -0.2) is 15.0 Å². The van der Waals surface area contributed by atoms with E-state index in [1.807, 2.05) is 47.5 Å². The van der Waals surface area contributed by atoms with Crippen molar-refractivity contribution in [2.75, 3.05) is 36.4 Å². The highest BCUT2D eigenvalue weighted by Gasteiger charge is 2.22. The highest BCUT2D eigenvalue weighted by Crippen LogP contribution is 2.21. The number of aryl methyl sites for hydroxylation is 1. The summed E-state index contributed by atoms with van der Waals surface area (Å²) in [6, 6.07) is 9.82. The third kappa shape index (κ3) is 4.45. The second kappa shape index (κ2) is 8.35. The first-order valence-corrected chi connectivity index (χ1v) is 10.1. The topological polar surface area (TPSA) is 74.2 Å². The first-order chi connectivity index (χ1) is 13.7. The van der Waals surface area contributed by atoms with Gasteiger partial charge in [0.25, 0.3) is 0 Å². The molecule has 0 aromatic carbocycles. The highest BCUT2D eigenvalue weighted by molar-refractivity contribution is 7.13. The molecule has 4 heterocycles. The molecule has 0 aliphatic carbocycles. The molecular formula is C20H22N6OS. The molecule has 1 fully saturated rings. The van der Waals surface area contributed by atoms with Crippen LogP contribution < -0.4 is 10.2 Å². The molecule has 0 unspecified atom stereocenters. The van der Waals surface area contributed by atoms with Crippen LogP contribution in [0.1, 0.15) is 11.3 Å². The van der Waals surface area contributed by atoms with Crippen molar-refractivity contribution in [1.82, 2.24) is 19.9 Å². The number of carbonyl (C=O) groups excluding carboxylic acids is 1. The van der Waals surface area contributed by atoms with Gasteiger partial charge in [0.2, 0.25) is 5.91 Å². The van der Waals surface area contributed by atoms with Gasteiger partial charge in [0, 0.05) is 44.0 Å². The summed E-state index contributed by atoms with van der Waals surface area (Å²) in [6.45, 7) is 5.03. The number of nitrogens with zero attached hydrogens (tertiary/aromatic N) is 5. The number of amides is 1. The minimum atomic E-state index is 0.117.